The van der Waals surface area contributed by atoms with E-state index in [1.54, 1.807) is 18.2 Å². The Labute approximate surface area is 156 Å². The highest BCUT2D eigenvalue weighted by atomic mass is 32.2. The number of fused-ring (bicyclic) bond motifs is 1. The Morgan fingerprint density at radius 1 is 1.15 bits per heavy atom. The maximum atomic E-state index is 12.9. The first-order chi connectivity index (χ1) is 12.8. The van der Waals surface area contributed by atoms with E-state index in [2.05, 4.69) is 10.2 Å². The van der Waals surface area contributed by atoms with Gasteiger partial charge in [-0.25, -0.2) is 0 Å². The third-order valence-corrected chi connectivity index (χ3v) is 4.68. The minimum absolute atomic E-state index is 0.0419. The first-order valence-corrected chi connectivity index (χ1v) is 8.62. The number of hydrogen-bond acceptors (Lipinski definition) is 6. The molecule has 0 bridgehead atoms. The average molecular weight is 397 g/mol. The molecule has 0 unspecified atom stereocenters. The molecule has 0 fully saturated rings. The van der Waals surface area contributed by atoms with Gasteiger partial charge in [0, 0.05) is 12.3 Å². The van der Waals surface area contributed by atoms with Crippen molar-refractivity contribution in [2.24, 2.45) is 0 Å². The third kappa shape index (κ3) is 4.00. The highest BCUT2D eigenvalue weighted by Crippen LogP contribution is 2.31. The standard InChI is InChI=1S/C17H14F3N3O3S/c1-25-11-4-5-12(14(7-11)26-2)13(24)9-27-16-22-21-15-6-3-10(8-23(15)16)17(18,19)20/h3-8H,9H2,1-2H3. The number of Topliss-reactive ketones (excluding diaryl/α,β-unsaturated/α-hetero) is 1. The summed E-state index contributed by atoms with van der Waals surface area (Å²) >= 11 is 0.994. The molecule has 0 spiro atoms. The van der Waals surface area contributed by atoms with Crippen LogP contribution in [0.3, 0.4) is 0 Å². The molecule has 3 rings (SSSR count). The van der Waals surface area contributed by atoms with Crippen molar-refractivity contribution in [3.63, 3.8) is 0 Å². The van der Waals surface area contributed by atoms with Gasteiger partial charge < -0.3 is 9.47 Å². The number of methoxy groups -OCH3 is 2. The van der Waals surface area contributed by atoms with Crippen LogP contribution >= 0.6 is 11.8 Å². The zero-order valence-corrected chi connectivity index (χ0v) is 15.1. The Balaban J connectivity index is 1.81. The highest BCUT2D eigenvalue weighted by molar-refractivity contribution is 7.99. The molecule has 1 aromatic carbocycles. The minimum atomic E-state index is -4.48. The minimum Gasteiger partial charge on any atom is -0.497 e. The lowest BCUT2D eigenvalue weighted by atomic mass is 10.1. The predicted octanol–water partition coefficient (Wildman–Crippen LogP) is 3.74. The molecule has 27 heavy (non-hydrogen) atoms. The summed E-state index contributed by atoms with van der Waals surface area (Å²) in [4.78, 5) is 12.5. The number of benzene rings is 1. The number of rotatable bonds is 6. The van der Waals surface area contributed by atoms with E-state index >= 15 is 0 Å². The normalized spacial score (nSPS) is 11.6. The van der Waals surface area contributed by atoms with E-state index in [0.29, 0.717) is 17.1 Å². The summed E-state index contributed by atoms with van der Waals surface area (Å²) in [5.74, 6) is 0.590. The molecule has 142 valence electrons. The predicted molar refractivity (Wildman–Crippen MR) is 92.6 cm³/mol. The second-order valence-electron chi connectivity index (χ2n) is 5.40. The molecule has 0 amide bonds. The lowest BCUT2D eigenvalue weighted by Gasteiger charge is -2.09. The summed E-state index contributed by atoms with van der Waals surface area (Å²) in [6.07, 6.45) is -3.57. The molecule has 0 aliphatic rings. The molecule has 0 N–H and O–H groups in total. The van der Waals surface area contributed by atoms with Crippen LogP contribution in [0.4, 0.5) is 13.2 Å². The maximum Gasteiger partial charge on any atom is 0.417 e. The molecular weight excluding hydrogens is 383 g/mol. The van der Waals surface area contributed by atoms with Crippen molar-refractivity contribution < 1.29 is 27.4 Å². The number of pyridine rings is 1. The van der Waals surface area contributed by atoms with Gasteiger partial charge in [-0.2, -0.15) is 13.2 Å². The van der Waals surface area contributed by atoms with E-state index in [1.165, 1.54) is 24.7 Å². The van der Waals surface area contributed by atoms with E-state index in [9.17, 15) is 18.0 Å². The van der Waals surface area contributed by atoms with Gasteiger partial charge in [0.15, 0.2) is 16.6 Å². The Kier molecular flexibility index (Phi) is 5.26. The number of hydrogen-bond donors (Lipinski definition) is 0. The number of halogens is 3. The van der Waals surface area contributed by atoms with Crippen molar-refractivity contribution in [2.75, 3.05) is 20.0 Å². The van der Waals surface area contributed by atoms with Gasteiger partial charge in [0.1, 0.15) is 11.5 Å². The van der Waals surface area contributed by atoms with Gasteiger partial charge >= 0.3 is 6.18 Å². The summed E-state index contributed by atoms with van der Waals surface area (Å²) < 4.78 is 50.2. The van der Waals surface area contributed by atoms with Gasteiger partial charge in [0.05, 0.1) is 31.1 Å². The van der Waals surface area contributed by atoms with Gasteiger partial charge in [0.2, 0.25) is 0 Å². The van der Waals surface area contributed by atoms with E-state index in [0.717, 1.165) is 24.0 Å². The van der Waals surface area contributed by atoms with Gasteiger partial charge in [0.25, 0.3) is 0 Å². The fraction of sp³-hybridized carbons (Fsp3) is 0.235. The molecule has 0 saturated heterocycles. The molecular formula is C17H14F3N3O3S. The fourth-order valence-corrected chi connectivity index (χ4v) is 3.17. The Morgan fingerprint density at radius 3 is 2.59 bits per heavy atom. The number of ether oxygens (including phenoxy) is 2. The summed E-state index contributed by atoms with van der Waals surface area (Å²) in [7, 11) is 2.93. The molecule has 3 aromatic rings. The molecule has 2 aromatic heterocycles. The largest absolute Gasteiger partial charge is 0.497 e. The third-order valence-electron chi connectivity index (χ3n) is 3.74. The van der Waals surface area contributed by atoms with Crippen molar-refractivity contribution in [1.29, 1.82) is 0 Å². The maximum absolute atomic E-state index is 12.9. The lowest BCUT2D eigenvalue weighted by molar-refractivity contribution is -0.137. The van der Waals surface area contributed by atoms with Crippen molar-refractivity contribution in [3.05, 3.63) is 47.7 Å². The molecule has 0 radical (unpaired) electrons. The van der Waals surface area contributed by atoms with Crippen molar-refractivity contribution in [2.45, 2.75) is 11.3 Å². The number of ketones is 1. The van der Waals surface area contributed by atoms with E-state index in [4.69, 9.17) is 9.47 Å². The summed E-state index contributed by atoms with van der Waals surface area (Å²) in [6.45, 7) is 0. The quantitative estimate of drug-likeness (QED) is 0.466. The molecule has 0 aliphatic carbocycles. The summed E-state index contributed by atoms with van der Waals surface area (Å²) in [5, 5.41) is 7.87. The van der Waals surface area contributed by atoms with Gasteiger partial charge in [-0.3, -0.25) is 9.20 Å². The van der Waals surface area contributed by atoms with E-state index in [1.807, 2.05) is 0 Å². The number of carbonyl (C=O) groups is 1. The van der Waals surface area contributed by atoms with Crippen LogP contribution < -0.4 is 9.47 Å². The lowest BCUT2D eigenvalue weighted by Crippen LogP contribution is -2.07. The topological polar surface area (TPSA) is 65.7 Å². The average Bonchev–Trinajstić information content (AvgIpc) is 3.07. The second kappa shape index (κ2) is 7.47. The van der Waals surface area contributed by atoms with Crippen LogP contribution in [0, 0.1) is 0 Å². The van der Waals surface area contributed by atoms with E-state index < -0.39 is 11.7 Å². The Hall–Kier alpha value is -2.75. The highest BCUT2D eigenvalue weighted by Gasteiger charge is 2.31. The second-order valence-corrected chi connectivity index (χ2v) is 6.35. The van der Waals surface area contributed by atoms with Crippen LogP contribution in [-0.4, -0.2) is 40.4 Å². The molecule has 0 atom stereocenters. The number of alkyl halides is 3. The van der Waals surface area contributed by atoms with Crippen LogP contribution in [0.1, 0.15) is 15.9 Å². The first kappa shape index (κ1) is 19.0. The van der Waals surface area contributed by atoms with Crippen molar-refractivity contribution >= 4 is 23.2 Å². The summed E-state index contributed by atoms with van der Waals surface area (Å²) in [6, 6.07) is 6.95. The molecule has 0 aliphatic heterocycles. The Bertz CT molecular complexity index is 988. The van der Waals surface area contributed by atoms with Crippen LogP contribution in [0.5, 0.6) is 11.5 Å². The first-order valence-electron chi connectivity index (χ1n) is 7.63. The number of carbonyl (C=O) groups excluding carboxylic acids is 1. The molecule has 10 heteroatoms. The smallest absolute Gasteiger partial charge is 0.417 e. The number of thioether (sulfide) groups is 1. The van der Waals surface area contributed by atoms with Gasteiger partial charge in [-0.1, -0.05) is 11.8 Å². The SMILES string of the molecule is COc1ccc(C(=O)CSc2nnc3ccc(C(F)(F)F)cn23)c(OC)c1. The summed E-state index contributed by atoms with van der Waals surface area (Å²) in [5.41, 5.74) is -0.213. The molecule has 0 saturated carbocycles. The van der Waals surface area contributed by atoms with Crippen LogP contribution in [0.2, 0.25) is 0 Å². The molecule has 2 heterocycles. The van der Waals surface area contributed by atoms with Crippen molar-refractivity contribution in [3.8, 4) is 11.5 Å². The van der Waals surface area contributed by atoms with Crippen LogP contribution in [-0.2, 0) is 6.18 Å². The van der Waals surface area contributed by atoms with Crippen LogP contribution in [0.25, 0.3) is 5.65 Å². The molecule has 6 nitrogen and oxygen atoms in total. The van der Waals surface area contributed by atoms with Gasteiger partial charge in [-0.15, -0.1) is 10.2 Å². The van der Waals surface area contributed by atoms with E-state index in [-0.39, 0.29) is 22.3 Å². The zero-order chi connectivity index (χ0) is 19.6. The van der Waals surface area contributed by atoms with Crippen LogP contribution in [0.15, 0.2) is 41.7 Å². The van der Waals surface area contributed by atoms with Gasteiger partial charge in [-0.05, 0) is 24.3 Å². The zero-order valence-electron chi connectivity index (χ0n) is 14.3. The Morgan fingerprint density at radius 2 is 1.93 bits per heavy atom. The monoisotopic (exact) mass is 397 g/mol. The number of nitrogens with zero attached hydrogens (tertiary/aromatic N) is 3. The van der Waals surface area contributed by atoms with Crippen molar-refractivity contribution in [1.82, 2.24) is 14.6 Å². The fourth-order valence-electron chi connectivity index (χ4n) is 2.37. The number of aromatic nitrogens is 3.